The molecule has 1 aliphatic heterocycles. The van der Waals surface area contributed by atoms with Crippen molar-refractivity contribution in [2.45, 2.75) is 84.0 Å². The molecule has 10 heteroatoms. The highest BCUT2D eigenvalue weighted by Crippen LogP contribution is 2.55. The van der Waals surface area contributed by atoms with E-state index in [-0.39, 0.29) is 26.0 Å². The van der Waals surface area contributed by atoms with Crippen LogP contribution in [0.2, 0.25) is 0 Å². The van der Waals surface area contributed by atoms with Gasteiger partial charge in [0, 0.05) is 25.0 Å². The van der Waals surface area contributed by atoms with Crippen molar-refractivity contribution in [2.75, 3.05) is 6.54 Å². The molecule has 0 aromatic carbocycles. The summed E-state index contributed by atoms with van der Waals surface area (Å²) in [6, 6.07) is 0.951. The summed E-state index contributed by atoms with van der Waals surface area (Å²) in [5.74, 6) is -4.59. The van der Waals surface area contributed by atoms with Gasteiger partial charge in [-0.2, -0.15) is 8.78 Å². The Balaban J connectivity index is 1.50. The predicted molar refractivity (Wildman–Crippen MR) is 118 cm³/mol. The SMILES string of the molecule is CC1(C)CC(C)(C)CC(O)(C(F)(F)C(=O)N2CCC[C@H]2c2cc(COc3cnccn3)on2)C1. The third-order valence-electron chi connectivity index (χ3n) is 6.69. The maximum Gasteiger partial charge on any atom is 0.352 e. The zero-order valence-electron chi connectivity index (χ0n) is 20.1. The Morgan fingerprint density at radius 1 is 1.24 bits per heavy atom. The molecule has 1 saturated carbocycles. The fourth-order valence-corrected chi connectivity index (χ4v) is 6.04. The van der Waals surface area contributed by atoms with E-state index in [1.807, 2.05) is 27.7 Å². The van der Waals surface area contributed by atoms with Crippen molar-refractivity contribution < 1.29 is 27.9 Å². The Morgan fingerprint density at radius 3 is 2.59 bits per heavy atom. The Morgan fingerprint density at radius 2 is 1.94 bits per heavy atom. The van der Waals surface area contributed by atoms with Crippen molar-refractivity contribution in [3.05, 3.63) is 36.1 Å². The van der Waals surface area contributed by atoms with Crippen molar-refractivity contribution in [1.29, 1.82) is 0 Å². The lowest BCUT2D eigenvalue weighted by atomic mass is 9.58. The van der Waals surface area contributed by atoms with Gasteiger partial charge in [-0.25, -0.2) is 4.98 Å². The second kappa shape index (κ2) is 8.55. The van der Waals surface area contributed by atoms with Crippen LogP contribution in [-0.4, -0.2) is 49.1 Å². The fourth-order valence-electron chi connectivity index (χ4n) is 6.04. The highest BCUT2D eigenvalue weighted by Gasteiger charge is 2.65. The van der Waals surface area contributed by atoms with Gasteiger partial charge in [-0.3, -0.25) is 9.78 Å². The highest BCUT2D eigenvalue weighted by molar-refractivity contribution is 5.85. The van der Waals surface area contributed by atoms with E-state index in [1.165, 1.54) is 18.6 Å². The number of hydrogen-bond acceptors (Lipinski definition) is 7. The second-order valence-corrected chi connectivity index (χ2v) is 11.2. The van der Waals surface area contributed by atoms with Gasteiger partial charge in [0.15, 0.2) is 12.4 Å². The molecule has 0 bridgehead atoms. The molecular formula is C24H32F2N4O4. The summed E-state index contributed by atoms with van der Waals surface area (Å²) in [6.07, 6.45) is 5.91. The van der Waals surface area contributed by atoms with Gasteiger partial charge in [0.05, 0.1) is 12.2 Å². The normalized spacial score (nSPS) is 23.6. The average Bonchev–Trinajstić information content (AvgIpc) is 3.39. The zero-order chi connectivity index (χ0) is 24.8. The molecule has 34 heavy (non-hydrogen) atoms. The standard InChI is InChI=1S/C24H32F2N4O4/c1-21(2)13-22(3,4)15-23(32,14-21)24(25,26)20(31)30-9-5-6-18(30)17-10-16(34-29-17)12-33-19-11-27-7-8-28-19/h7-8,10-11,18,32H,5-6,9,12-15H2,1-4H3/t18-/m0/s1. The molecule has 1 amide bonds. The molecule has 1 aliphatic carbocycles. The van der Waals surface area contributed by atoms with Gasteiger partial charge in [-0.1, -0.05) is 32.9 Å². The Kier molecular flexibility index (Phi) is 6.16. The summed E-state index contributed by atoms with van der Waals surface area (Å²) >= 11 is 0. The molecular weight excluding hydrogens is 446 g/mol. The summed E-state index contributed by atoms with van der Waals surface area (Å²) < 4.78 is 42.2. The third kappa shape index (κ3) is 4.78. The van der Waals surface area contributed by atoms with E-state index in [0.29, 0.717) is 36.6 Å². The van der Waals surface area contributed by atoms with Crippen LogP contribution >= 0.6 is 0 Å². The first-order chi connectivity index (χ1) is 15.8. The van der Waals surface area contributed by atoms with Gasteiger partial charge < -0.3 is 19.3 Å². The fraction of sp³-hybridized carbons (Fsp3) is 0.667. The van der Waals surface area contributed by atoms with Crippen LogP contribution in [0.5, 0.6) is 5.88 Å². The van der Waals surface area contributed by atoms with Crippen molar-refractivity contribution in [1.82, 2.24) is 20.0 Å². The molecule has 0 unspecified atom stereocenters. The maximum absolute atomic E-state index is 15.7. The van der Waals surface area contributed by atoms with Gasteiger partial charge in [-0.15, -0.1) is 0 Å². The molecule has 1 atom stereocenters. The Labute approximate surface area is 197 Å². The van der Waals surface area contributed by atoms with Gasteiger partial charge >= 0.3 is 5.92 Å². The van der Waals surface area contributed by atoms with Crippen LogP contribution in [0.3, 0.4) is 0 Å². The largest absolute Gasteiger partial charge is 0.468 e. The summed E-state index contributed by atoms with van der Waals surface area (Å²) in [4.78, 5) is 22.3. The van der Waals surface area contributed by atoms with Crippen LogP contribution in [0.25, 0.3) is 0 Å². The maximum atomic E-state index is 15.7. The first-order valence-electron chi connectivity index (χ1n) is 11.6. The quantitative estimate of drug-likeness (QED) is 0.660. The van der Waals surface area contributed by atoms with Crippen molar-refractivity contribution in [2.24, 2.45) is 10.8 Å². The van der Waals surface area contributed by atoms with Crippen LogP contribution < -0.4 is 4.74 Å². The number of hydrogen-bond donors (Lipinski definition) is 1. The number of ether oxygens (including phenoxy) is 1. The van der Waals surface area contributed by atoms with E-state index < -0.39 is 34.3 Å². The molecule has 2 aromatic heterocycles. The number of amides is 1. The second-order valence-electron chi connectivity index (χ2n) is 11.2. The highest BCUT2D eigenvalue weighted by atomic mass is 19.3. The molecule has 1 N–H and O–H groups in total. The van der Waals surface area contributed by atoms with Crippen LogP contribution in [0.1, 0.15) is 77.3 Å². The molecule has 2 aliphatic rings. The molecule has 0 radical (unpaired) electrons. The average molecular weight is 479 g/mol. The van der Waals surface area contributed by atoms with E-state index in [2.05, 4.69) is 15.1 Å². The molecule has 8 nitrogen and oxygen atoms in total. The predicted octanol–water partition coefficient (Wildman–Crippen LogP) is 4.31. The summed E-state index contributed by atoms with van der Waals surface area (Å²) in [5, 5.41) is 15.2. The molecule has 2 fully saturated rings. The Hall–Kier alpha value is -2.62. The number of rotatable bonds is 6. The minimum atomic E-state index is -3.92. The summed E-state index contributed by atoms with van der Waals surface area (Å²) in [5.41, 5.74) is -3.07. The minimum absolute atomic E-state index is 0.0342. The summed E-state index contributed by atoms with van der Waals surface area (Å²) in [6.45, 7) is 7.64. The van der Waals surface area contributed by atoms with E-state index in [4.69, 9.17) is 9.26 Å². The van der Waals surface area contributed by atoms with Crippen LogP contribution in [0, 0.1) is 10.8 Å². The van der Waals surface area contributed by atoms with Crippen molar-refractivity contribution >= 4 is 5.91 Å². The summed E-state index contributed by atoms with van der Waals surface area (Å²) in [7, 11) is 0. The van der Waals surface area contributed by atoms with Crippen molar-refractivity contribution in [3.63, 3.8) is 0 Å². The van der Waals surface area contributed by atoms with E-state index in [1.54, 1.807) is 6.07 Å². The first-order valence-corrected chi connectivity index (χ1v) is 11.6. The number of likely N-dealkylation sites (tertiary alicyclic amines) is 1. The topological polar surface area (TPSA) is 102 Å². The molecule has 4 rings (SSSR count). The Bertz CT molecular complexity index is 1010. The van der Waals surface area contributed by atoms with E-state index in [9.17, 15) is 9.90 Å². The van der Waals surface area contributed by atoms with Gasteiger partial charge in [0.1, 0.15) is 11.3 Å². The minimum Gasteiger partial charge on any atom is -0.468 e. The lowest BCUT2D eigenvalue weighted by molar-refractivity contribution is -0.231. The molecule has 0 spiro atoms. The number of nitrogens with zero attached hydrogens (tertiary/aromatic N) is 4. The lowest BCUT2D eigenvalue weighted by Gasteiger charge is -2.51. The lowest BCUT2D eigenvalue weighted by Crippen LogP contribution is -2.62. The first kappa shape index (κ1) is 24.5. The molecule has 1 saturated heterocycles. The van der Waals surface area contributed by atoms with E-state index >= 15 is 8.78 Å². The van der Waals surface area contributed by atoms with Crippen LogP contribution in [0.15, 0.2) is 29.2 Å². The molecule has 3 heterocycles. The van der Waals surface area contributed by atoms with Crippen LogP contribution in [-0.2, 0) is 11.4 Å². The van der Waals surface area contributed by atoms with E-state index in [0.717, 1.165) is 4.90 Å². The third-order valence-corrected chi connectivity index (χ3v) is 6.69. The molecule has 2 aromatic rings. The number of aromatic nitrogens is 3. The van der Waals surface area contributed by atoms with Crippen LogP contribution in [0.4, 0.5) is 8.78 Å². The number of carbonyl (C=O) groups excluding carboxylic acids is 1. The van der Waals surface area contributed by atoms with Gasteiger partial charge in [-0.05, 0) is 42.9 Å². The molecule has 186 valence electrons. The number of alkyl halides is 2. The smallest absolute Gasteiger partial charge is 0.352 e. The number of aliphatic hydroxyl groups is 1. The number of carbonyl (C=O) groups is 1. The van der Waals surface area contributed by atoms with Crippen molar-refractivity contribution in [3.8, 4) is 5.88 Å². The number of halogens is 2. The van der Waals surface area contributed by atoms with Gasteiger partial charge in [0.2, 0.25) is 5.88 Å². The van der Waals surface area contributed by atoms with Gasteiger partial charge in [0.25, 0.3) is 5.91 Å². The zero-order valence-corrected chi connectivity index (χ0v) is 20.1. The monoisotopic (exact) mass is 478 g/mol.